The number of carbonyl (C=O) groups is 1. The molecular formula is C12H24N2O. The number of amides is 1. The lowest BCUT2D eigenvalue weighted by atomic mass is 9.68. The Hall–Kier alpha value is -0.570. The maximum absolute atomic E-state index is 12.2. The summed E-state index contributed by atoms with van der Waals surface area (Å²) < 4.78 is 0. The maximum Gasteiger partial charge on any atom is 0.226 e. The molecule has 0 aromatic rings. The van der Waals surface area contributed by atoms with E-state index in [1.807, 2.05) is 7.05 Å². The van der Waals surface area contributed by atoms with Gasteiger partial charge in [0.1, 0.15) is 0 Å². The Balaban J connectivity index is 2.64. The molecule has 0 aliphatic heterocycles. The minimum absolute atomic E-state index is 0.165. The number of likely N-dealkylation sites (N-methyl/N-ethyl adjacent to an activating group) is 1. The van der Waals surface area contributed by atoms with Crippen molar-refractivity contribution in [2.24, 2.45) is 17.1 Å². The molecule has 3 nitrogen and oxygen atoms in total. The molecule has 0 aromatic carbocycles. The lowest BCUT2D eigenvalue weighted by molar-refractivity contribution is -0.139. The fraction of sp³-hybridized carbons (Fsp3) is 0.917. The Kier molecular flexibility index (Phi) is 4.14. The zero-order chi connectivity index (χ0) is 11.5. The molecule has 1 aliphatic rings. The highest BCUT2D eigenvalue weighted by Crippen LogP contribution is 2.41. The quantitative estimate of drug-likeness (QED) is 0.772. The average molecular weight is 212 g/mol. The van der Waals surface area contributed by atoms with Crippen molar-refractivity contribution >= 4 is 5.91 Å². The number of nitrogens with two attached hydrogens (primary N) is 1. The summed E-state index contributed by atoms with van der Waals surface area (Å²) in [5.41, 5.74) is 5.64. The summed E-state index contributed by atoms with van der Waals surface area (Å²) in [7, 11) is 1.86. The van der Waals surface area contributed by atoms with Crippen LogP contribution in [0.1, 0.15) is 39.5 Å². The summed E-state index contributed by atoms with van der Waals surface area (Å²) in [5, 5.41) is 0. The van der Waals surface area contributed by atoms with E-state index >= 15 is 0 Å². The Bertz CT molecular complexity index is 226. The predicted molar refractivity (Wildman–Crippen MR) is 62.4 cm³/mol. The van der Waals surface area contributed by atoms with Gasteiger partial charge >= 0.3 is 0 Å². The van der Waals surface area contributed by atoms with E-state index in [0.717, 1.165) is 6.42 Å². The molecule has 0 saturated heterocycles. The molecule has 1 aliphatic carbocycles. The van der Waals surface area contributed by atoms with E-state index in [0.29, 0.717) is 13.1 Å². The first-order valence-electron chi connectivity index (χ1n) is 5.94. The van der Waals surface area contributed by atoms with Gasteiger partial charge in [0.15, 0.2) is 0 Å². The summed E-state index contributed by atoms with van der Waals surface area (Å²) in [6.07, 6.45) is 4.66. The lowest BCUT2D eigenvalue weighted by Gasteiger charge is -2.39. The van der Waals surface area contributed by atoms with Crippen molar-refractivity contribution in [2.75, 3.05) is 20.1 Å². The molecule has 1 unspecified atom stereocenters. The fourth-order valence-electron chi connectivity index (χ4n) is 2.52. The van der Waals surface area contributed by atoms with E-state index in [9.17, 15) is 4.79 Å². The molecule has 2 N–H and O–H groups in total. The van der Waals surface area contributed by atoms with Gasteiger partial charge in [-0.15, -0.1) is 0 Å². The van der Waals surface area contributed by atoms with Crippen LogP contribution in [-0.4, -0.2) is 30.9 Å². The third-order valence-corrected chi connectivity index (χ3v) is 3.65. The fourth-order valence-corrected chi connectivity index (χ4v) is 2.52. The van der Waals surface area contributed by atoms with E-state index < -0.39 is 0 Å². The molecule has 3 heteroatoms. The van der Waals surface area contributed by atoms with Crippen LogP contribution < -0.4 is 5.73 Å². The zero-order valence-corrected chi connectivity index (χ0v) is 10.3. The normalized spacial score (nSPS) is 24.9. The molecule has 88 valence electrons. The Morgan fingerprint density at radius 1 is 1.47 bits per heavy atom. The molecule has 0 spiro atoms. The van der Waals surface area contributed by atoms with Crippen LogP contribution in [0.5, 0.6) is 0 Å². The Morgan fingerprint density at radius 3 is 2.67 bits per heavy atom. The predicted octanol–water partition coefficient (Wildman–Crippen LogP) is 1.62. The first kappa shape index (κ1) is 12.5. The highest BCUT2D eigenvalue weighted by molar-refractivity contribution is 5.79. The molecular weight excluding hydrogens is 188 g/mol. The SMILES string of the molecule is CN(CCN)C(=O)C1CCCCC1(C)C. The molecule has 1 atom stereocenters. The third-order valence-electron chi connectivity index (χ3n) is 3.65. The van der Waals surface area contributed by atoms with Crippen LogP contribution >= 0.6 is 0 Å². The molecule has 0 heterocycles. The van der Waals surface area contributed by atoms with Gasteiger partial charge in [-0.05, 0) is 18.3 Å². The molecule has 1 amide bonds. The number of carbonyl (C=O) groups excluding carboxylic acids is 1. The number of hydrogen-bond donors (Lipinski definition) is 1. The van der Waals surface area contributed by atoms with Crippen LogP contribution in [0.25, 0.3) is 0 Å². The van der Waals surface area contributed by atoms with E-state index in [4.69, 9.17) is 5.73 Å². The van der Waals surface area contributed by atoms with Gasteiger partial charge in [0, 0.05) is 26.1 Å². The first-order valence-corrected chi connectivity index (χ1v) is 5.94. The second kappa shape index (κ2) is 4.97. The summed E-state index contributed by atoms with van der Waals surface area (Å²) >= 11 is 0. The number of nitrogens with zero attached hydrogens (tertiary/aromatic N) is 1. The third kappa shape index (κ3) is 2.94. The van der Waals surface area contributed by atoms with Crippen molar-refractivity contribution in [1.82, 2.24) is 4.90 Å². The van der Waals surface area contributed by atoms with Crippen LogP contribution in [0.3, 0.4) is 0 Å². The first-order chi connectivity index (χ1) is 6.99. The molecule has 0 aromatic heterocycles. The summed E-state index contributed by atoms with van der Waals surface area (Å²) in [6.45, 7) is 5.65. The maximum atomic E-state index is 12.2. The van der Waals surface area contributed by atoms with Gasteiger partial charge in [0.2, 0.25) is 5.91 Å². The van der Waals surface area contributed by atoms with Crippen molar-refractivity contribution in [3.05, 3.63) is 0 Å². The minimum atomic E-state index is 0.165. The Morgan fingerprint density at radius 2 is 2.13 bits per heavy atom. The van der Waals surface area contributed by atoms with Gasteiger partial charge < -0.3 is 10.6 Å². The average Bonchev–Trinajstić information content (AvgIpc) is 2.16. The van der Waals surface area contributed by atoms with E-state index in [2.05, 4.69) is 13.8 Å². The highest BCUT2D eigenvalue weighted by Gasteiger charge is 2.38. The lowest BCUT2D eigenvalue weighted by Crippen LogP contribution is -2.43. The molecule has 0 radical (unpaired) electrons. The van der Waals surface area contributed by atoms with Gasteiger partial charge in [-0.2, -0.15) is 0 Å². The second-order valence-electron chi connectivity index (χ2n) is 5.34. The summed E-state index contributed by atoms with van der Waals surface area (Å²) in [5.74, 6) is 0.480. The minimum Gasteiger partial charge on any atom is -0.344 e. The standard InChI is InChI=1S/C12H24N2O/c1-12(2)7-5-4-6-10(12)11(15)14(3)9-8-13/h10H,4-9,13H2,1-3H3. The van der Waals surface area contributed by atoms with Crippen LogP contribution in [0.15, 0.2) is 0 Å². The van der Waals surface area contributed by atoms with Crippen molar-refractivity contribution in [3.63, 3.8) is 0 Å². The van der Waals surface area contributed by atoms with Crippen LogP contribution in [0.4, 0.5) is 0 Å². The van der Waals surface area contributed by atoms with Crippen molar-refractivity contribution in [3.8, 4) is 0 Å². The van der Waals surface area contributed by atoms with E-state index in [-0.39, 0.29) is 17.2 Å². The smallest absolute Gasteiger partial charge is 0.226 e. The molecule has 1 saturated carbocycles. The van der Waals surface area contributed by atoms with Crippen molar-refractivity contribution < 1.29 is 4.79 Å². The van der Waals surface area contributed by atoms with E-state index in [1.54, 1.807) is 4.90 Å². The molecule has 0 bridgehead atoms. The van der Waals surface area contributed by atoms with Crippen LogP contribution in [0, 0.1) is 11.3 Å². The molecule has 1 rings (SSSR count). The van der Waals surface area contributed by atoms with Gasteiger partial charge in [-0.3, -0.25) is 4.79 Å². The Labute approximate surface area is 93.0 Å². The number of rotatable bonds is 3. The monoisotopic (exact) mass is 212 g/mol. The van der Waals surface area contributed by atoms with Crippen molar-refractivity contribution in [2.45, 2.75) is 39.5 Å². The molecule has 1 fully saturated rings. The van der Waals surface area contributed by atoms with Gasteiger partial charge in [-0.1, -0.05) is 26.7 Å². The van der Waals surface area contributed by atoms with Crippen LogP contribution in [0.2, 0.25) is 0 Å². The van der Waals surface area contributed by atoms with Gasteiger partial charge in [-0.25, -0.2) is 0 Å². The number of hydrogen-bond acceptors (Lipinski definition) is 2. The van der Waals surface area contributed by atoms with Crippen molar-refractivity contribution in [1.29, 1.82) is 0 Å². The van der Waals surface area contributed by atoms with Gasteiger partial charge in [0.05, 0.1) is 0 Å². The highest BCUT2D eigenvalue weighted by atomic mass is 16.2. The van der Waals surface area contributed by atoms with E-state index in [1.165, 1.54) is 19.3 Å². The largest absolute Gasteiger partial charge is 0.344 e. The summed E-state index contributed by atoms with van der Waals surface area (Å²) in [6, 6.07) is 0. The zero-order valence-electron chi connectivity index (χ0n) is 10.3. The molecule has 15 heavy (non-hydrogen) atoms. The van der Waals surface area contributed by atoms with Crippen LogP contribution in [-0.2, 0) is 4.79 Å². The summed E-state index contributed by atoms with van der Waals surface area (Å²) in [4.78, 5) is 14.0. The second-order valence-corrected chi connectivity index (χ2v) is 5.34. The topological polar surface area (TPSA) is 46.3 Å². The van der Waals surface area contributed by atoms with Gasteiger partial charge in [0.25, 0.3) is 0 Å².